The van der Waals surface area contributed by atoms with Crippen molar-refractivity contribution in [2.75, 3.05) is 17.6 Å². The van der Waals surface area contributed by atoms with Crippen molar-refractivity contribution in [2.24, 2.45) is 0 Å². The lowest BCUT2D eigenvalue weighted by Crippen LogP contribution is -2.30. The van der Waals surface area contributed by atoms with Crippen LogP contribution in [-0.4, -0.2) is 23.5 Å². The van der Waals surface area contributed by atoms with Crippen LogP contribution in [0.1, 0.15) is 19.4 Å². The number of hydrogen-bond donors (Lipinski definition) is 2. The lowest BCUT2D eigenvalue weighted by atomic mass is 10.2. The highest BCUT2D eigenvalue weighted by Crippen LogP contribution is 2.24. The number of ether oxygens (including phenoxy) is 1. The molecule has 0 spiro atoms. The molecule has 0 aliphatic rings. The van der Waals surface area contributed by atoms with Gasteiger partial charge in [0.1, 0.15) is 5.75 Å². The van der Waals surface area contributed by atoms with E-state index in [0.29, 0.717) is 15.2 Å². The Morgan fingerprint density at radius 2 is 1.96 bits per heavy atom. The number of halogens is 2. The lowest BCUT2D eigenvalue weighted by molar-refractivity contribution is 0.242. The summed E-state index contributed by atoms with van der Waals surface area (Å²) in [7, 11) is 0. The maximum atomic E-state index is 6.02. The van der Waals surface area contributed by atoms with Gasteiger partial charge in [0, 0.05) is 29.8 Å². The van der Waals surface area contributed by atoms with E-state index in [0.717, 1.165) is 35.1 Å². The molecule has 0 unspecified atom stereocenters. The van der Waals surface area contributed by atoms with E-state index in [1.807, 2.05) is 56.3 Å². The second-order valence-electron chi connectivity index (χ2n) is 5.88. The van der Waals surface area contributed by atoms with Crippen molar-refractivity contribution in [3.05, 3.63) is 58.1 Å². The molecule has 0 aliphatic carbocycles. The Morgan fingerprint density at radius 1 is 1.15 bits per heavy atom. The van der Waals surface area contributed by atoms with Crippen LogP contribution in [0.5, 0.6) is 5.75 Å². The number of anilines is 1. The van der Waals surface area contributed by atoms with Crippen LogP contribution in [-0.2, 0) is 5.75 Å². The highest BCUT2D eigenvalue weighted by molar-refractivity contribution is 7.98. The topological polar surface area (TPSA) is 33.3 Å². The van der Waals surface area contributed by atoms with E-state index in [9.17, 15) is 0 Å². The molecule has 0 saturated heterocycles. The molecule has 0 radical (unpaired) electrons. The van der Waals surface area contributed by atoms with Crippen molar-refractivity contribution in [3.63, 3.8) is 0 Å². The minimum absolute atomic E-state index is 0.142. The van der Waals surface area contributed by atoms with Crippen LogP contribution >= 0.6 is 47.2 Å². The number of nitrogens with one attached hydrogen (secondary N) is 2. The Labute approximate surface area is 174 Å². The first-order valence-corrected chi connectivity index (χ1v) is 10.6. The average Bonchev–Trinajstić information content (AvgIpc) is 2.57. The van der Waals surface area contributed by atoms with Gasteiger partial charge in [-0.05, 0) is 55.9 Å². The number of thioether (sulfide) groups is 1. The van der Waals surface area contributed by atoms with Gasteiger partial charge < -0.3 is 15.4 Å². The summed E-state index contributed by atoms with van der Waals surface area (Å²) in [5, 5.41) is 8.16. The molecule has 0 aliphatic heterocycles. The molecule has 140 valence electrons. The monoisotopic (exact) mass is 428 g/mol. The van der Waals surface area contributed by atoms with Crippen molar-refractivity contribution < 1.29 is 4.74 Å². The number of rotatable bonds is 8. The van der Waals surface area contributed by atoms with Crippen LogP contribution in [0.2, 0.25) is 10.0 Å². The normalized spacial score (nSPS) is 10.7. The van der Waals surface area contributed by atoms with Gasteiger partial charge in [0.25, 0.3) is 0 Å². The zero-order chi connectivity index (χ0) is 18.9. The smallest absolute Gasteiger partial charge is 0.170 e. The highest BCUT2D eigenvalue weighted by atomic mass is 35.5. The summed E-state index contributed by atoms with van der Waals surface area (Å²) in [6.07, 6.45) is 0.142. The Kier molecular flexibility index (Phi) is 8.85. The number of hydrogen-bond acceptors (Lipinski definition) is 3. The van der Waals surface area contributed by atoms with Gasteiger partial charge in [-0.3, -0.25) is 0 Å². The van der Waals surface area contributed by atoms with Crippen molar-refractivity contribution in [2.45, 2.75) is 25.7 Å². The maximum absolute atomic E-state index is 6.02. The van der Waals surface area contributed by atoms with Crippen LogP contribution in [0.4, 0.5) is 5.69 Å². The second-order valence-corrected chi connectivity index (χ2v) is 8.20. The van der Waals surface area contributed by atoms with E-state index < -0.39 is 0 Å². The largest absolute Gasteiger partial charge is 0.491 e. The molecule has 0 amide bonds. The first-order chi connectivity index (χ1) is 12.4. The van der Waals surface area contributed by atoms with Crippen molar-refractivity contribution in [3.8, 4) is 5.75 Å². The van der Waals surface area contributed by atoms with E-state index in [1.54, 1.807) is 11.8 Å². The second kappa shape index (κ2) is 10.9. The van der Waals surface area contributed by atoms with Gasteiger partial charge in [0.05, 0.1) is 16.1 Å². The quantitative estimate of drug-likeness (QED) is 0.397. The molecule has 0 bridgehead atoms. The molecule has 0 fully saturated rings. The summed E-state index contributed by atoms with van der Waals surface area (Å²) in [5.74, 6) is 2.64. The standard InChI is InChI=1S/C19H22Cl2N2OS2/c1-13(2)24-16-5-3-4-15(11-16)23-19(25)22-8-9-26-12-14-6-7-17(20)18(21)10-14/h3-7,10-11,13H,8-9,12H2,1-2H3,(H2,22,23,25). The summed E-state index contributed by atoms with van der Waals surface area (Å²) in [6.45, 7) is 4.78. The first-order valence-electron chi connectivity index (χ1n) is 8.27. The predicted octanol–water partition coefficient (Wildman–Crippen LogP) is 6.00. The summed E-state index contributed by atoms with van der Waals surface area (Å²) >= 11 is 19.1. The summed E-state index contributed by atoms with van der Waals surface area (Å²) in [5.41, 5.74) is 2.07. The minimum Gasteiger partial charge on any atom is -0.491 e. The molecule has 0 heterocycles. The van der Waals surface area contributed by atoms with Crippen LogP contribution in [0.25, 0.3) is 0 Å². The zero-order valence-corrected chi connectivity index (χ0v) is 17.9. The van der Waals surface area contributed by atoms with E-state index in [-0.39, 0.29) is 6.10 Å². The van der Waals surface area contributed by atoms with Crippen molar-refractivity contribution >= 4 is 58.0 Å². The maximum Gasteiger partial charge on any atom is 0.170 e. The van der Waals surface area contributed by atoms with E-state index in [2.05, 4.69) is 10.6 Å². The molecular weight excluding hydrogens is 407 g/mol. The fourth-order valence-corrected chi connectivity index (χ4v) is 3.50. The Balaban J connectivity index is 1.68. The molecule has 0 saturated carbocycles. The van der Waals surface area contributed by atoms with Gasteiger partial charge in [-0.1, -0.05) is 35.3 Å². The third-order valence-electron chi connectivity index (χ3n) is 3.25. The van der Waals surface area contributed by atoms with Gasteiger partial charge >= 0.3 is 0 Å². The summed E-state index contributed by atoms with van der Waals surface area (Å²) < 4.78 is 5.68. The Hall–Kier alpha value is -1.14. The van der Waals surface area contributed by atoms with Crippen LogP contribution in [0, 0.1) is 0 Å². The van der Waals surface area contributed by atoms with Gasteiger partial charge in [-0.25, -0.2) is 0 Å². The van der Waals surface area contributed by atoms with E-state index in [4.69, 9.17) is 40.2 Å². The van der Waals surface area contributed by atoms with Gasteiger partial charge in [-0.2, -0.15) is 11.8 Å². The minimum atomic E-state index is 0.142. The molecule has 2 aromatic carbocycles. The predicted molar refractivity (Wildman–Crippen MR) is 119 cm³/mol. The lowest BCUT2D eigenvalue weighted by Gasteiger charge is -2.13. The number of benzene rings is 2. The molecule has 3 nitrogen and oxygen atoms in total. The SMILES string of the molecule is CC(C)Oc1cccc(NC(=S)NCCSCc2ccc(Cl)c(Cl)c2)c1. The third kappa shape index (κ3) is 7.62. The highest BCUT2D eigenvalue weighted by Gasteiger charge is 2.02. The molecule has 0 aromatic heterocycles. The average molecular weight is 429 g/mol. The van der Waals surface area contributed by atoms with Crippen LogP contribution in [0.3, 0.4) is 0 Å². The van der Waals surface area contributed by atoms with Crippen molar-refractivity contribution in [1.29, 1.82) is 0 Å². The fraction of sp³-hybridized carbons (Fsp3) is 0.316. The molecule has 7 heteroatoms. The molecule has 2 N–H and O–H groups in total. The van der Waals surface area contributed by atoms with Crippen molar-refractivity contribution in [1.82, 2.24) is 5.32 Å². The molecule has 0 atom stereocenters. The summed E-state index contributed by atoms with van der Waals surface area (Å²) in [4.78, 5) is 0. The van der Waals surface area contributed by atoms with E-state index in [1.165, 1.54) is 0 Å². The van der Waals surface area contributed by atoms with Crippen LogP contribution in [0.15, 0.2) is 42.5 Å². The number of thiocarbonyl (C=S) groups is 1. The van der Waals surface area contributed by atoms with Crippen LogP contribution < -0.4 is 15.4 Å². The van der Waals surface area contributed by atoms with Gasteiger partial charge in [0.2, 0.25) is 0 Å². The van der Waals surface area contributed by atoms with E-state index >= 15 is 0 Å². The fourth-order valence-electron chi connectivity index (χ4n) is 2.15. The Bertz CT molecular complexity index is 741. The molecule has 2 rings (SSSR count). The summed E-state index contributed by atoms with van der Waals surface area (Å²) in [6, 6.07) is 13.5. The first kappa shape index (κ1) is 21.2. The van der Waals surface area contributed by atoms with Gasteiger partial charge in [0.15, 0.2) is 5.11 Å². The zero-order valence-electron chi connectivity index (χ0n) is 14.7. The Morgan fingerprint density at radius 3 is 2.69 bits per heavy atom. The molecular formula is C19H22Cl2N2OS2. The van der Waals surface area contributed by atoms with Gasteiger partial charge in [-0.15, -0.1) is 0 Å². The molecule has 2 aromatic rings. The third-order valence-corrected chi connectivity index (χ3v) is 5.26. The molecule has 26 heavy (non-hydrogen) atoms.